The van der Waals surface area contributed by atoms with Crippen molar-refractivity contribution in [2.24, 2.45) is 0 Å². The van der Waals surface area contributed by atoms with Gasteiger partial charge in [0.2, 0.25) is 0 Å². The van der Waals surface area contributed by atoms with E-state index < -0.39 is 5.91 Å². The molecule has 0 atom stereocenters. The Morgan fingerprint density at radius 1 is 0.833 bits per heavy atom. The summed E-state index contributed by atoms with van der Waals surface area (Å²) in [4.78, 5) is 27.8. The Morgan fingerprint density at radius 3 is 2.17 bits per heavy atom. The standard InChI is InChI=1S/C25H21FN2O2/c1-16-7-11-19(12-8-16)22-23(27-21-6-4-3-5-17(21)2)25(30)28(24(22)29)15-18-9-13-20(26)14-10-18/h3-14,27H,15H2,1-2H3. The number of para-hydroxylation sites is 1. The smallest absolute Gasteiger partial charge is 0.278 e. The van der Waals surface area contributed by atoms with Crippen molar-refractivity contribution < 1.29 is 14.0 Å². The Morgan fingerprint density at radius 2 is 1.50 bits per heavy atom. The van der Waals surface area contributed by atoms with Gasteiger partial charge in [-0.15, -0.1) is 0 Å². The van der Waals surface area contributed by atoms with Crippen LogP contribution in [0.5, 0.6) is 0 Å². The molecule has 1 aliphatic heterocycles. The van der Waals surface area contributed by atoms with Crippen LogP contribution in [0, 0.1) is 19.7 Å². The lowest BCUT2D eigenvalue weighted by molar-refractivity contribution is -0.137. The van der Waals surface area contributed by atoms with E-state index in [0.717, 1.165) is 16.8 Å². The van der Waals surface area contributed by atoms with Crippen molar-refractivity contribution in [1.29, 1.82) is 0 Å². The second kappa shape index (κ2) is 7.95. The van der Waals surface area contributed by atoms with Crippen LogP contribution in [0.3, 0.4) is 0 Å². The first-order valence-corrected chi connectivity index (χ1v) is 9.68. The molecule has 0 unspecified atom stereocenters. The van der Waals surface area contributed by atoms with E-state index in [0.29, 0.717) is 16.7 Å². The molecular weight excluding hydrogens is 379 g/mol. The molecule has 3 aromatic rings. The van der Waals surface area contributed by atoms with Gasteiger partial charge >= 0.3 is 0 Å². The average molecular weight is 400 g/mol. The molecule has 0 saturated heterocycles. The van der Waals surface area contributed by atoms with Crippen LogP contribution in [0.15, 0.2) is 78.5 Å². The minimum atomic E-state index is -0.400. The molecule has 3 aromatic carbocycles. The van der Waals surface area contributed by atoms with E-state index >= 15 is 0 Å². The van der Waals surface area contributed by atoms with E-state index in [1.165, 1.54) is 17.0 Å². The molecular formula is C25H21FN2O2. The van der Waals surface area contributed by atoms with Crippen LogP contribution in [0.25, 0.3) is 5.57 Å². The van der Waals surface area contributed by atoms with Crippen LogP contribution in [-0.4, -0.2) is 16.7 Å². The van der Waals surface area contributed by atoms with Crippen LogP contribution in [0.1, 0.15) is 22.3 Å². The van der Waals surface area contributed by atoms with Crippen LogP contribution in [0.4, 0.5) is 10.1 Å². The first-order chi connectivity index (χ1) is 14.4. The predicted molar refractivity (Wildman–Crippen MR) is 115 cm³/mol. The molecule has 0 fully saturated rings. The van der Waals surface area contributed by atoms with Gasteiger partial charge in [-0.05, 0) is 48.7 Å². The van der Waals surface area contributed by atoms with Gasteiger partial charge in [-0.2, -0.15) is 0 Å². The molecule has 1 N–H and O–H groups in total. The fourth-order valence-corrected chi connectivity index (χ4v) is 3.44. The van der Waals surface area contributed by atoms with E-state index in [-0.39, 0.29) is 24.0 Å². The number of hydrogen-bond donors (Lipinski definition) is 1. The first kappa shape index (κ1) is 19.6. The number of nitrogens with zero attached hydrogens (tertiary/aromatic N) is 1. The monoisotopic (exact) mass is 400 g/mol. The van der Waals surface area contributed by atoms with Crippen molar-refractivity contribution in [2.45, 2.75) is 20.4 Å². The summed E-state index contributed by atoms with van der Waals surface area (Å²) in [6.45, 7) is 3.98. The number of carbonyl (C=O) groups is 2. The lowest BCUT2D eigenvalue weighted by atomic mass is 10.0. The molecule has 1 aliphatic rings. The highest BCUT2D eigenvalue weighted by Crippen LogP contribution is 2.32. The molecule has 150 valence electrons. The highest BCUT2D eigenvalue weighted by molar-refractivity contribution is 6.36. The third kappa shape index (κ3) is 3.74. The molecule has 0 aromatic heterocycles. The van der Waals surface area contributed by atoms with Crippen molar-refractivity contribution in [3.05, 3.63) is 107 Å². The van der Waals surface area contributed by atoms with Gasteiger partial charge in [0.25, 0.3) is 11.8 Å². The van der Waals surface area contributed by atoms with Crippen molar-refractivity contribution in [3.8, 4) is 0 Å². The Kier molecular flexibility index (Phi) is 5.19. The van der Waals surface area contributed by atoms with Gasteiger partial charge in [0, 0.05) is 5.69 Å². The van der Waals surface area contributed by atoms with Crippen LogP contribution < -0.4 is 5.32 Å². The Labute approximate surface area is 174 Å². The summed E-state index contributed by atoms with van der Waals surface area (Å²) in [5.41, 5.74) is 4.74. The fraction of sp³-hybridized carbons (Fsp3) is 0.120. The van der Waals surface area contributed by atoms with Crippen molar-refractivity contribution >= 4 is 23.1 Å². The highest BCUT2D eigenvalue weighted by Gasteiger charge is 2.39. The zero-order valence-corrected chi connectivity index (χ0v) is 16.8. The third-order valence-electron chi connectivity index (χ3n) is 5.17. The van der Waals surface area contributed by atoms with Gasteiger partial charge in [-0.25, -0.2) is 4.39 Å². The number of rotatable bonds is 5. The van der Waals surface area contributed by atoms with E-state index in [4.69, 9.17) is 0 Å². The van der Waals surface area contributed by atoms with Gasteiger partial charge < -0.3 is 5.32 Å². The van der Waals surface area contributed by atoms with Crippen molar-refractivity contribution in [1.82, 2.24) is 4.90 Å². The fourth-order valence-electron chi connectivity index (χ4n) is 3.44. The van der Waals surface area contributed by atoms with Crippen LogP contribution >= 0.6 is 0 Å². The van der Waals surface area contributed by atoms with Crippen LogP contribution in [-0.2, 0) is 16.1 Å². The molecule has 4 rings (SSSR count). The molecule has 0 spiro atoms. The summed E-state index contributed by atoms with van der Waals surface area (Å²) in [5.74, 6) is -1.13. The maximum absolute atomic E-state index is 13.3. The maximum atomic E-state index is 13.3. The third-order valence-corrected chi connectivity index (χ3v) is 5.17. The van der Waals surface area contributed by atoms with Gasteiger partial charge in [0.05, 0.1) is 12.1 Å². The van der Waals surface area contributed by atoms with Crippen LogP contribution in [0.2, 0.25) is 0 Å². The number of aryl methyl sites for hydroxylation is 2. The minimum Gasteiger partial charge on any atom is -0.350 e. The maximum Gasteiger partial charge on any atom is 0.278 e. The highest BCUT2D eigenvalue weighted by atomic mass is 19.1. The number of amides is 2. The Hall–Kier alpha value is -3.73. The zero-order chi connectivity index (χ0) is 21.3. The number of halogens is 1. The van der Waals surface area contributed by atoms with E-state index in [1.807, 2.05) is 62.4 Å². The quantitative estimate of drug-likeness (QED) is 0.624. The number of hydrogen-bond acceptors (Lipinski definition) is 3. The SMILES string of the molecule is Cc1ccc(C2=C(Nc3ccccc3C)C(=O)N(Cc3ccc(F)cc3)C2=O)cc1. The predicted octanol–water partition coefficient (Wildman–Crippen LogP) is 4.83. The molecule has 0 bridgehead atoms. The van der Waals surface area contributed by atoms with E-state index in [2.05, 4.69) is 5.32 Å². The molecule has 30 heavy (non-hydrogen) atoms. The van der Waals surface area contributed by atoms with Gasteiger partial charge in [0.15, 0.2) is 0 Å². The summed E-state index contributed by atoms with van der Waals surface area (Å²) in [6, 6.07) is 20.9. The summed E-state index contributed by atoms with van der Waals surface area (Å²) >= 11 is 0. The number of imide groups is 1. The lowest BCUT2D eigenvalue weighted by Crippen LogP contribution is -2.32. The minimum absolute atomic E-state index is 0.0757. The summed E-state index contributed by atoms with van der Waals surface area (Å²) < 4.78 is 13.2. The Balaban J connectivity index is 1.74. The van der Waals surface area contributed by atoms with Gasteiger partial charge in [-0.3, -0.25) is 14.5 Å². The summed E-state index contributed by atoms with van der Waals surface area (Å²) in [7, 11) is 0. The number of anilines is 1. The Bertz CT molecular complexity index is 1150. The second-order valence-electron chi connectivity index (χ2n) is 7.38. The topological polar surface area (TPSA) is 49.4 Å². The van der Waals surface area contributed by atoms with Gasteiger partial charge in [0.1, 0.15) is 11.5 Å². The average Bonchev–Trinajstić information content (AvgIpc) is 2.96. The molecule has 4 nitrogen and oxygen atoms in total. The normalized spacial score (nSPS) is 13.9. The number of nitrogens with one attached hydrogen (secondary N) is 1. The molecule has 0 aliphatic carbocycles. The molecule has 2 amide bonds. The largest absolute Gasteiger partial charge is 0.350 e. The number of carbonyl (C=O) groups excluding carboxylic acids is 2. The molecule has 1 heterocycles. The zero-order valence-electron chi connectivity index (χ0n) is 16.8. The molecule has 5 heteroatoms. The second-order valence-corrected chi connectivity index (χ2v) is 7.38. The summed E-state index contributed by atoms with van der Waals surface area (Å²) in [6.07, 6.45) is 0. The van der Waals surface area contributed by atoms with E-state index in [1.54, 1.807) is 12.1 Å². The number of benzene rings is 3. The van der Waals surface area contributed by atoms with Gasteiger partial charge in [-0.1, -0.05) is 60.2 Å². The first-order valence-electron chi connectivity index (χ1n) is 9.68. The van der Waals surface area contributed by atoms with E-state index in [9.17, 15) is 14.0 Å². The van der Waals surface area contributed by atoms with Crippen molar-refractivity contribution in [2.75, 3.05) is 5.32 Å². The molecule has 0 radical (unpaired) electrons. The molecule has 0 saturated carbocycles. The van der Waals surface area contributed by atoms with Crippen molar-refractivity contribution in [3.63, 3.8) is 0 Å². The summed E-state index contributed by atoms with van der Waals surface area (Å²) in [5, 5.41) is 3.18. The lowest BCUT2D eigenvalue weighted by Gasteiger charge is -2.16.